The molecule has 0 aromatic heterocycles. The van der Waals surface area contributed by atoms with Crippen molar-refractivity contribution in [2.75, 3.05) is 52.2 Å². The Balaban J connectivity index is 1.79. The van der Waals surface area contributed by atoms with E-state index in [0.717, 1.165) is 30.2 Å². The molecule has 1 aliphatic rings. The zero-order valence-corrected chi connectivity index (χ0v) is 15.8. The molecule has 1 N–H and O–H groups in total. The van der Waals surface area contributed by atoms with Crippen LogP contribution < -0.4 is 5.32 Å². The van der Waals surface area contributed by atoms with Crippen LogP contribution in [0, 0.1) is 5.82 Å². The van der Waals surface area contributed by atoms with Crippen molar-refractivity contribution in [3.63, 3.8) is 0 Å². The molecule has 1 heterocycles. The lowest BCUT2D eigenvalue weighted by Crippen LogP contribution is -2.42. The number of benzene rings is 1. The summed E-state index contributed by atoms with van der Waals surface area (Å²) in [5.41, 5.74) is 0.283. The zero-order valence-electron chi connectivity index (χ0n) is 15.0. The first-order chi connectivity index (χ1) is 12.4. The molecule has 1 amide bonds. The Hall–Kier alpha value is -1.55. The molecule has 0 saturated carbocycles. The summed E-state index contributed by atoms with van der Waals surface area (Å²) in [6.07, 6.45) is 1.09. The smallest absolute Gasteiger partial charge is 0.221 e. The summed E-state index contributed by atoms with van der Waals surface area (Å²) in [4.78, 5) is 14.2. The number of nitrogens with zero attached hydrogens (tertiary/aromatic N) is 2. The predicted molar refractivity (Wildman–Crippen MR) is 96.5 cm³/mol. The number of amides is 1. The third-order valence-electron chi connectivity index (χ3n) is 4.22. The largest absolute Gasteiger partial charge is 0.379 e. The van der Waals surface area contributed by atoms with Gasteiger partial charge in [-0.15, -0.1) is 0 Å². The Morgan fingerprint density at radius 1 is 1.31 bits per heavy atom. The van der Waals surface area contributed by atoms with Crippen LogP contribution in [0.1, 0.15) is 12.0 Å². The van der Waals surface area contributed by atoms with E-state index in [1.807, 2.05) is 0 Å². The van der Waals surface area contributed by atoms with E-state index >= 15 is 0 Å². The van der Waals surface area contributed by atoms with E-state index in [9.17, 15) is 17.6 Å². The van der Waals surface area contributed by atoms with Crippen LogP contribution in [-0.4, -0.2) is 75.7 Å². The molecule has 0 spiro atoms. The number of morpholine rings is 1. The molecule has 0 bridgehead atoms. The summed E-state index contributed by atoms with van der Waals surface area (Å²) in [5.74, 6) is -0.684. The lowest BCUT2D eigenvalue weighted by molar-refractivity contribution is -0.121. The van der Waals surface area contributed by atoms with Crippen molar-refractivity contribution in [2.24, 2.45) is 0 Å². The van der Waals surface area contributed by atoms with Gasteiger partial charge in [0.2, 0.25) is 15.9 Å². The average molecular weight is 387 g/mol. The number of halogens is 1. The van der Waals surface area contributed by atoms with E-state index in [-0.39, 0.29) is 31.0 Å². The second-order valence-electron chi connectivity index (χ2n) is 6.24. The van der Waals surface area contributed by atoms with Gasteiger partial charge in [0.1, 0.15) is 5.82 Å². The number of ether oxygens (including phenoxy) is 1. The number of rotatable bonds is 9. The van der Waals surface area contributed by atoms with Crippen LogP contribution in [0.2, 0.25) is 0 Å². The first-order valence-corrected chi connectivity index (χ1v) is 10.5. The molecule has 1 aromatic carbocycles. The molecule has 1 aromatic rings. The Morgan fingerprint density at radius 3 is 2.65 bits per heavy atom. The second kappa shape index (κ2) is 9.96. The van der Waals surface area contributed by atoms with Gasteiger partial charge in [-0.2, -0.15) is 4.31 Å². The fourth-order valence-corrected chi connectivity index (χ4v) is 3.47. The Morgan fingerprint density at radius 2 is 2.00 bits per heavy atom. The lowest BCUT2D eigenvalue weighted by atomic mass is 10.2. The van der Waals surface area contributed by atoms with Crippen LogP contribution in [0.4, 0.5) is 4.39 Å². The zero-order chi connectivity index (χ0) is 19.0. The topological polar surface area (TPSA) is 79.0 Å². The molecular weight excluding hydrogens is 361 g/mol. The molecule has 146 valence electrons. The highest BCUT2D eigenvalue weighted by Gasteiger charge is 2.19. The van der Waals surface area contributed by atoms with Gasteiger partial charge in [-0.3, -0.25) is 9.69 Å². The SMILES string of the molecule is CS(=O)(=O)N(CCC(=O)NCCN1CCOCC1)Cc1ccccc1F. The normalized spacial score (nSPS) is 16.0. The molecule has 9 heteroatoms. The number of nitrogens with one attached hydrogen (secondary N) is 1. The molecule has 26 heavy (non-hydrogen) atoms. The van der Waals surface area contributed by atoms with Gasteiger partial charge < -0.3 is 10.1 Å². The monoisotopic (exact) mass is 387 g/mol. The van der Waals surface area contributed by atoms with Gasteiger partial charge in [0.25, 0.3) is 0 Å². The van der Waals surface area contributed by atoms with Crippen molar-refractivity contribution >= 4 is 15.9 Å². The molecule has 7 nitrogen and oxygen atoms in total. The van der Waals surface area contributed by atoms with E-state index < -0.39 is 15.8 Å². The molecular formula is C17H26FN3O4S. The predicted octanol–water partition coefficient (Wildman–Crippen LogP) is 0.426. The number of hydrogen-bond acceptors (Lipinski definition) is 5. The van der Waals surface area contributed by atoms with Gasteiger partial charge in [0, 0.05) is 51.3 Å². The number of carbonyl (C=O) groups excluding carboxylic acids is 1. The second-order valence-corrected chi connectivity index (χ2v) is 8.22. The molecule has 0 unspecified atom stereocenters. The summed E-state index contributed by atoms with van der Waals surface area (Å²) >= 11 is 0. The van der Waals surface area contributed by atoms with Crippen molar-refractivity contribution in [1.29, 1.82) is 0 Å². The van der Waals surface area contributed by atoms with Crippen LogP contribution in [-0.2, 0) is 26.1 Å². The van der Waals surface area contributed by atoms with Gasteiger partial charge in [0.05, 0.1) is 19.5 Å². The molecule has 1 saturated heterocycles. The van der Waals surface area contributed by atoms with Crippen LogP contribution in [0.25, 0.3) is 0 Å². The van der Waals surface area contributed by atoms with E-state index in [4.69, 9.17) is 4.74 Å². The molecule has 2 rings (SSSR count). The van der Waals surface area contributed by atoms with E-state index in [1.54, 1.807) is 12.1 Å². The summed E-state index contributed by atoms with van der Waals surface area (Å²) in [5, 5.41) is 2.80. The van der Waals surface area contributed by atoms with Gasteiger partial charge in [-0.05, 0) is 6.07 Å². The van der Waals surface area contributed by atoms with Gasteiger partial charge in [-0.25, -0.2) is 12.8 Å². The molecule has 0 aliphatic carbocycles. The standard InChI is InChI=1S/C17H26FN3O4S/c1-26(23,24)21(14-15-4-2-3-5-16(15)18)8-6-17(22)19-7-9-20-10-12-25-13-11-20/h2-5H,6-14H2,1H3,(H,19,22). The van der Waals surface area contributed by atoms with E-state index in [2.05, 4.69) is 10.2 Å². The van der Waals surface area contributed by atoms with Crippen LogP contribution in [0.15, 0.2) is 24.3 Å². The Bertz CT molecular complexity index is 693. The number of sulfonamides is 1. The van der Waals surface area contributed by atoms with Crippen molar-refractivity contribution in [2.45, 2.75) is 13.0 Å². The third-order valence-corrected chi connectivity index (χ3v) is 5.47. The first kappa shape index (κ1) is 20.8. The van der Waals surface area contributed by atoms with E-state index in [1.165, 1.54) is 12.1 Å². The fraction of sp³-hybridized carbons (Fsp3) is 0.588. The van der Waals surface area contributed by atoms with E-state index in [0.29, 0.717) is 19.8 Å². The molecule has 0 atom stereocenters. The highest BCUT2D eigenvalue weighted by atomic mass is 32.2. The maximum absolute atomic E-state index is 13.8. The summed E-state index contributed by atoms with van der Waals surface area (Å²) in [6, 6.07) is 6.02. The maximum atomic E-state index is 13.8. The van der Waals surface area contributed by atoms with Crippen molar-refractivity contribution in [1.82, 2.24) is 14.5 Å². The minimum atomic E-state index is -3.55. The minimum Gasteiger partial charge on any atom is -0.379 e. The quantitative estimate of drug-likeness (QED) is 0.665. The minimum absolute atomic E-state index is 0.0105. The Labute approximate surface area is 154 Å². The molecule has 1 fully saturated rings. The van der Waals surface area contributed by atoms with Crippen molar-refractivity contribution < 1.29 is 22.3 Å². The Kier molecular flexibility index (Phi) is 7.95. The molecule has 1 aliphatic heterocycles. The lowest BCUT2D eigenvalue weighted by Gasteiger charge is -2.26. The first-order valence-electron chi connectivity index (χ1n) is 8.61. The van der Waals surface area contributed by atoms with Crippen molar-refractivity contribution in [3.05, 3.63) is 35.6 Å². The van der Waals surface area contributed by atoms with Gasteiger partial charge in [-0.1, -0.05) is 18.2 Å². The van der Waals surface area contributed by atoms with Crippen LogP contribution in [0.3, 0.4) is 0 Å². The highest BCUT2D eigenvalue weighted by Crippen LogP contribution is 2.12. The average Bonchev–Trinajstić information content (AvgIpc) is 2.60. The summed E-state index contributed by atoms with van der Waals surface area (Å²) in [6.45, 7) is 4.26. The van der Waals surface area contributed by atoms with Gasteiger partial charge >= 0.3 is 0 Å². The van der Waals surface area contributed by atoms with Crippen LogP contribution in [0.5, 0.6) is 0 Å². The van der Waals surface area contributed by atoms with Gasteiger partial charge in [0.15, 0.2) is 0 Å². The summed E-state index contributed by atoms with van der Waals surface area (Å²) in [7, 11) is -3.55. The third kappa shape index (κ3) is 6.99. The van der Waals surface area contributed by atoms with Crippen LogP contribution >= 0.6 is 0 Å². The fourth-order valence-electron chi connectivity index (χ4n) is 2.67. The number of carbonyl (C=O) groups is 1. The molecule has 0 radical (unpaired) electrons. The summed E-state index contributed by atoms with van der Waals surface area (Å²) < 4.78 is 44.0. The highest BCUT2D eigenvalue weighted by molar-refractivity contribution is 7.88. The number of hydrogen-bond donors (Lipinski definition) is 1. The maximum Gasteiger partial charge on any atom is 0.221 e. The van der Waals surface area contributed by atoms with Crippen molar-refractivity contribution in [3.8, 4) is 0 Å².